The van der Waals surface area contributed by atoms with Crippen LogP contribution in [0.25, 0.3) is 0 Å². The molecule has 0 aliphatic rings. The van der Waals surface area contributed by atoms with Gasteiger partial charge >= 0.3 is 0 Å². The van der Waals surface area contributed by atoms with Crippen LogP contribution < -0.4 is 5.32 Å². The minimum Gasteiger partial charge on any atom is -0.394 e. The lowest BCUT2D eigenvalue weighted by atomic mass is 10.4. The maximum absolute atomic E-state index is 10.0. The fourth-order valence-corrected chi connectivity index (χ4v) is 0.368. The Morgan fingerprint density at radius 1 is 1.91 bits per heavy atom. The van der Waals surface area contributed by atoms with Gasteiger partial charge in [0.15, 0.2) is 0 Å². The first-order valence-corrected chi connectivity index (χ1v) is 3.26. The van der Waals surface area contributed by atoms with Gasteiger partial charge in [0.2, 0.25) is 0 Å². The molecule has 0 aliphatic carbocycles. The lowest BCUT2D eigenvalue weighted by Crippen LogP contribution is -2.25. The molecule has 2 N–H and O–H groups in total. The largest absolute Gasteiger partial charge is 0.394 e. The lowest BCUT2D eigenvalue weighted by molar-refractivity contribution is -0.424. The van der Waals surface area contributed by atoms with E-state index in [1.54, 1.807) is 6.92 Å². The summed E-state index contributed by atoms with van der Waals surface area (Å²) >= 11 is 0. The van der Waals surface area contributed by atoms with Crippen LogP contribution in [-0.4, -0.2) is 22.7 Å². The van der Waals surface area contributed by atoms with E-state index in [-0.39, 0.29) is 18.3 Å². The summed E-state index contributed by atoms with van der Waals surface area (Å²) in [4.78, 5) is 9.55. The Balaban J connectivity index is 3.82. The smallest absolute Gasteiger partial charge is 0.258 e. The molecule has 0 aromatic rings. The van der Waals surface area contributed by atoms with Gasteiger partial charge in [0, 0.05) is 13.0 Å². The number of nitrogens with one attached hydrogen (secondary N) is 1. The van der Waals surface area contributed by atoms with E-state index in [2.05, 4.69) is 5.32 Å². The molecular formula is C6H12N2O3. The molecule has 1 unspecified atom stereocenters. The third-order valence-corrected chi connectivity index (χ3v) is 1.14. The Morgan fingerprint density at radius 2 is 2.45 bits per heavy atom. The van der Waals surface area contributed by atoms with Crippen LogP contribution in [0.15, 0.2) is 11.9 Å². The van der Waals surface area contributed by atoms with Crippen LogP contribution in [0, 0.1) is 10.1 Å². The van der Waals surface area contributed by atoms with Crippen molar-refractivity contribution in [1.29, 1.82) is 0 Å². The number of nitrogens with zero attached hydrogens (tertiary/aromatic N) is 1. The van der Waals surface area contributed by atoms with Crippen LogP contribution in [0.2, 0.25) is 0 Å². The van der Waals surface area contributed by atoms with Crippen molar-refractivity contribution in [1.82, 2.24) is 5.32 Å². The normalized spacial score (nSPS) is 14.3. The van der Waals surface area contributed by atoms with Gasteiger partial charge in [0.05, 0.1) is 17.7 Å². The summed E-state index contributed by atoms with van der Waals surface area (Å²) in [5, 5.41) is 21.2. The molecule has 1 atom stereocenters. The minimum atomic E-state index is -0.489. The van der Waals surface area contributed by atoms with E-state index in [1.165, 1.54) is 13.1 Å². The second-order valence-corrected chi connectivity index (χ2v) is 2.29. The molecule has 0 aliphatic heterocycles. The first-order valence-electron chi connectivity index (χ1n) is 3.26. The number of allylic oxidation sites excluding steroid dienone is 1. The number of hydrogen-bond acceptors (Lipinski definition) is 4. The summed E-state index contributed by atoms with van der Waals surface area (Å²) in [5.74, 6) is 0. The van der Waals surface area contributed by atoms with Crippen LogP contribution in [0.3, 0.4) is 0 Å². The van der Waals surface area contributed by atoms with Crippen molar-refractivity contribution in [3.8, 4) is 0 Å². The van der Waals surface area contributed by atoms with Crippen LogP contribution in [0.1, 0.15) is 13.8 Å². The summed E-state index contributed by atoms with van der Waals surface area (Å²) < 4.78 is 0. The van der Waals surface area contributed by atoms with Gasteiger partial charge in [-0.3, -0.25) is 10.1 Å². The summed E-state index contributed by atoms with van der Waals surface area (Å²) in [5.41, 5.74) is 0.0327. The van der Waals surface area contributed by atoms with Crippen LogP contribution >= 0.6 is 0 Å². The molecular weight excluding hydrogens is 148 g/mol. The minimum absolute atomic E-state index is 0.0327. The van der Waals surface area contributed by atoms with Crippen molar-refractivity contribution >= 4 is 0 Å². The zero-order valence-corrected chi connectivity index (χ0v) is 6.57. The van der Waals surface area contributed by atoms with Gasteiger partial charge in [0.1, 0.15) is 0 Å². The van der Waals surface area contributed by atoms with Crippen LogP contribution in [0.4, 0.5) is 0 Å². The van der Waals surface area contributed by atoms with E-state index in [1.807, 2.05) is 0 Å². The van der Waals surface area contributed by atoms with Gasteiger partial charge < -0.3 is 10.4 Å². The average molecular weight is 160 g/mol. The van der Waals surface area contributed by atoms with E-state index in [0.29, 0.717) is 0 Å². The quantitative estimate of drug-likeness (QED) is 0.451. The summed E-state index contributed by atoms with van der Waals surface area (Å²) in [6.45, 7) is 3.07. The maximum Gasteiger partial charge on any atom is 0.258 e. The molecule has 0 radical (unpaired) electrons. The Bertz CT molecular complexity index is 167. The third-order valence-electron chi connectivity index (χ3n) is 1.14. The van der Waals surface area contributed by atoms with E-state index in [9.17, 15) is 10.1 Å². The molecule has 0 aromatic heterocycles. The molecule has 5 nitrogen and oxygen atoms in total. The zero-order chi connectivity index (χ0) is 8.85. The van der Waals surface area contributed by atoms with Gasteiger partial charge in [-0.05, 0) is 6.92 Å². The van der Waals surface area contributed by atoms with Gasteiger partial charge in [-0.25, -0.2) is 0 Å². The Labute approximate surface area is 64.9 Å². The number of nitro groups is 1. The predicted molar refractivity (Wildman–Crippen MR) is 40.4 cm³/mol. The van der Waals surface area contributed by atoms with Crippen molar-refractivity contribution in [2.75, 3.05) is 6.61 Å². The molecule has 0 rings (SSSR count). The molecule has 0 fully saturated rings. The van der Waals surface area contributed by atoms with Crippen LogP contribution in [-0.2, 0) is 0 Å². The second-order valence-electron chi connectivity index (χ2n) is 2.29. The Hall–Kier alpha value is -1.10. The standard InChI is InChI=1S/C6H12N2O3/c1-5(4-9)7-3-6(2)8(10)11/h3,5,7,9H,4H2,1-2H3/b6-3+. The summed E-state index contributed by atoms with van der Waals surface area (Å²) in [6, 6.07) is -0.148. The maximum atomic E-state index is 10.0. The van der Waals surface area contributed by atoms with E-state index < -0.39 is 4.92 Å². The second kappa shape index (κ2) is 4.68. The number of aliphatic hydroxyl groups excluding tert-OH is 1. The van der Waals surface area contributed by atoms with Crippen molar-refractivity contribution in [3.05, 3.63) is 22.0 Å². The molecule has 5 heteroatoms. The number of hydrogen-bond donors (Lipinski definition) is 2. The molecule has 11 heavy (non-hydrogen) atoms. The zero-order valence-electron chi connectivity index (χ0n) is 6.57. The predicted octanol–water partition coefficient (Wildman–Crippen LogP) is 0.0948. The highest BCUT2D eigenvalue weighted by atomic mass is 16.6. The van der Waals surface area contributed by atoms with E-state index >= 15 is 0 Å². The van der Waals surface area contributed by atoms with E-state index in [4.69, 9.17) is 5.11 Å². The van der Waals surface area contributed by atoms with Crippen molar-refractivity contribution in [2.24, 2.45) is 0 Å². The lowest BCUT2D eigenvalue weighted by Gasteiger charge is -2.05. The van der Waals surface area contributed by atoms with Crippen molar-refractivity contribution in [2.45, 2.75) is 19.9 Å². The number of rotatable bonds is 4. The fourth-order valence-electron chi connectivity index (χ4n) is 0.368. The molecule has 0 heterocycles. The van der Waals surface area contributed by atoms with Crippen LogP contribution in [0.5, 0.6) is 0 Å². The monoisotopic (exact) mass is 160 g/mol. The summed E-state index contributed by atoms with van der Waals surface area (Å²) in [7, 11) is 0. The Kier molecular flexibility index (Phi) is 4.21. The summed E-state index contributed by atoms with van der Waals surface area (Å²) in [6.07, 6.45) is 1.28. The highest BCUT2D eigenvalue weighted by molar-refractivity contribution is 4.86. The molecule has 0 saturated heterocycles. The highest BCUT2D eigenvalue weighted by Crippen LogP contribution is 1.90. The SMILES string of the molecule is C/C(=C\NC(C)CO)[N+](=O)[O-]. The molecule has 0 amide bonds. The average Bonchev–Trinajstić information content (AvgIpc) is 1.99. The van der Waals surface area contributed by atoms with Gasteiger partial charge in [-0.15, -0.1) is 0 Å². The van der Waals surface area contributed by atoms with Crippen molar-refractivity contribution in [3.63, 3.8) is 0 Å². The van der Waals surface area contributed by atoms with E-state index in [0.717, 1.165) is 0 Å². The van der Waals surface area contributed by atoms with Gasteiger partial charge in [-0.1, -0.05) is 0 Å². The Morgan fingerprint density at radius 3 is 2.82 bits per heavy atom. The topological polar surface area (TPSA) is 75.4 Å². The van der Waals surface area contributed by atoms with Gasteiger partial charge in [-0.2, -0.15) is 0 Å². The third kappa shape index (κ3) is 4.32. The first-order chi connectivity index (χ1) is 5.07. The fraction of sp³-hybridized carbons (Fsp3) is 0.667. The highest BCUT2D eigenvalue weighted by Gasteiger charge is 2.01. The first kappa shape index (κ1) is 9.90. The number of aliphatic hydroxyl groups is 1. The van der Waals surface area contributed by atoms with Crippen molar-refractivity contribution < 1.29 is 10.0 Å². The molecule has 0 spiro atoms. The molecule has 0 bridgehead atoms. The molecule has 64 valence electrons. The molecule has 0 aromatic carbocycles. The van der Waals surface area contributed by atoms with Gasteiger partial charge in [0.25, 0.3) is 5.70 Å². The molecule has 0 saturated carbocycles.